The molecule has 132 valence electrons. The Labute approximate surface area is 157 Å². The zero-order valence-electron chi connectivity index (χ0n) is 13.0. The monoisotopic (exact) mass is 391 g/mol. The summed E-state index contributed by atoms with van der Waals surface area (Å²) < 4.78 is 13.3. The molecule has 2 aromatic rings. The van der Waals surface area contributed by atoms with E-state index in [9.17, 15) is 9.18 Å². The number of nitrogens with one attached hydrogen (secondary N) is 1. The summed E-state index contributed by atoms with van der Waals surface area (Å²) in [4.78, 5) is 18.7. The molecule has 2 heterocycles. The van der Waals surface area contributed by atoms with Crippen molar-refractivity contribution in [2.24, 2.45) is 0 Å². The number of amides is 1. The highest BCUT2D eigenvalue weighted by Crippen LogP contribution is 2.24. The maximum absolute atomic E-state index is 13.3. The molecule has 24 heavy (non-hydrogen) atoms. The average Bonchev–Trinajstić information content (AvgIpc) is 2.80. The lowest BCUT2D eigenvalue weighted by Crippen LogP contribution is -2.35. The van der Waals surface area contributed by atoms with Crippen LogP contribution in [0.5, 0.6) is 0 Å². The Bertz CT molecular complexity index is 660. The first kappa shape index (κ1) is 20.8. The number of carbonyl (C=O) groups excluding carboxylic acids is 1. The Morgan fingerprint density at radius 3 is 2.92 bits per heavy atom. The van der Waals surface area contributed by atoms with Gasteiger partial charge in [-0.15, -0.1) is 36.2 Å². The highest BCUT2D eigenvalue weighted by Gasteiger charge is 2.17. The molecule has 0 spiro atoms. The molecule has 1 aromatic heterocycles. The molecule has 4 nitrogen and oxygen atoms in total. The lowest BCUT2D eigenvalue weighted by Gasteiger charge is -2.19. The van der Waals surface area contributed by atoms with Crippen LogP contribution in [0.25, 0.3) is 10.6 Å². The molecule has 8 heteroatoms. The van der Waals surface area contributed by atoms with Gasteiger partial charge in [-0.25, -0.2) is 9.37 Å². The molecule has 1 fully saturated rings. The number of hydrogen-bond acceptors (Lipinski definition) is 4. The van der Waals surface area contributed by atoms with Gasteiger partial charge in [0.05, 0.1) is 12.1 Å². The van der Waals surface area contributed by atoms with Crippen LogP contribution in [0, 0.1) is 5.82 Å². The molecule has 3 rings (SSSR count). The van der Waals surface area contributed by atoms with Gasteiger partial charge in [0.15, 0.2) is 0 Å². The smallest absolute Gasteiger partial charge is 0.228 e. The molecular formula is C16H20Cl2FN3OS. The van der Waals surface area contributed by atoms with Gasteiger partial charge in [-0.05, 0) is 25.1 Å². The normalized spacial score (nSPS) is 14.3. The molecule has 0 unspecified atom stereocenters. The van der Waals surface area contributed by atoms with Crippen molar-refractivity contribution in [2.45, 2.75) is 12.8 Å². The van der Waals surface area contributed by atoms with E-state index in [0.29, 0.717) is 6.42 Å². The second-order valence-electron chi connectivity index (χ2n) is 5.32. The van der Waals surface area contributed by atoms with Crippen molar-refractivity contribution in [1.29, 1.82) is 0 Å². The largest absolute Gasteiger partial charge is 0.341 e. The Kier molecular flexibility index (Phi) is 8.62. The minimum absolute atomic E-state index is 0. The molecule has 1 aliphatic heterocycles. The van der Waals surface area contributed by atoms with E-state index in [-0.39, 0.29) is 36.5 Å². The number of hydrogen-bond donors (Lipinski definition) is 1. The van der Waals surface area contributed by atoms with Gasteiger partial charge in [0.1, 0.15) is 10.8 Å². The molecule has 0 saturated carbocycles. The van der Waals surface area contributed by atoms with Crippen molar-refractivity contribution in [1.82, 2.24) is 15.2 Å². The highest BCUT2D eigenvalue weighted by molar-refractivity contribution is 7.13. The van der Waals surface area contributed by atoms with Crippen LogP contribution >= 0.6 is 36.2 Å². The van der Waals surface area contributed by atoms with E-state index in [1.165, 1.54) is 23.5 Å². The lowest BCUT2D eigenvalue weighted by atomic mass is 10.2. The van der Waals surface area contributed by atoms with Gasteiger partial charge in [0.2, 0.25) is 5.91 Å². The van der Waals surface area contributed by atoms with Gasteiger partial charge in [-0.3, -0.25) is 4.79 Å². The molecule has 0 aliphatic carbocycles. The average molecular weight is 392 g/mol. The Morgan fingerprint density at radius 2 is 2.12 bits per heavy atom. The van der Waals surface area contributed by atoms with Gasteiger partial charge in [-0.1, -0.05) is 12.1 Å². The second-order valence-corrected chi connectivity index (χ2v) is 6.17. The molecule has 1 amide bonds. The molecular weight excluding hydrogens is 372 g/mol. The van der Waals surface area contributed by atoms with Gasteiger partial charge in [0.25, 0.3) is 0 Å². The maximum Gasteiger partial charge on any atom is 0.228 e. The van der Waals surface area contributed by atoms with Crippen LogP contribution < -0.4 is 5.32 Å². The first-order chi connectivity index (χ1) is 10.7. The molecule has 0 atom stereocenters. The predicted molar refractivity (Wildman–Crippen MR) is 99.8 cm³/mol. The summed E-state index contributed by atoms with van der Waals surface area (Å²) in [6.45, 7) is 3.36. The number of nitrogens with zero attached hydrogens (tertiary/aromatic N) is 2. The fraction of sp³-hybridized carbons (Fsp3) is 0.375. The first-order valence-corrected chi connectivity index (χ1v) is 8.29. The van der Waals surface area contributed by atoms with Gasteiger partial charge >= 0.3 is 0 Å². The molecule has 1 aromatic carbocycles. The van der Waals surface area contributed by atoms with Crippen molar-refractivity contribution < 1.29 is 9.18 Å². The summed E-state index contributed by atoms with van der Waals surface area (Å²) >= 11 is 1.44. The first-order valence-electron chi connectivity index (χ1n) is 7.41. The van der Waals surface area contributed by atoms with Crippen LogP contribution in [-0.2, 0) is 11.2 Å². The Balaban J connectivity index is 0.00000144. The quantitative estimate of drug-likeness (QED) is 0.873. The summed E-state index contributed by atoms with van der Waals surface area (Å²) in [7, 11) is 0. The maximum atomic E-state index is 13.3. The van der Waals surface area contributed by atoms with E-state index in [2.05, 4.69) is 10.3 Å². The third-order valence-corrected chi connectivity index (χ3v) is 4.59. The van der Waals surface area contributed by atoms with Crippen molar-refractivity contribution >= 4 is 42.1 Å². The molecule has 1 saturated heterocycles. The van der Waals surface area contributed by atoms with Crippen LogP contribution in [0.1, 0.15) is 12.1 Å². The number of thiazole rings is 1. The minimum atomic E-state index is -0.276. The third-order valence-electron chi connectivity index (χ3n) is 3.65. The molecule has 0 radical (unpaired) electrons. The number of benzene rings is 1. The molecule has 1 N–H and O–H groups in total. The van der Waals surface area contributed by atoms with Crippen molar-refractivity contribution in [2.75, 3.05) is 26.2 Å². The minimum Gasteiger partial charge on any atom is -0.341 e. The number of aromatic nitrogens is 1. The van der Waals surface area contributed by atoms with Crippen molar-refractivity contribution in [3.05, 3.63) is 41.2 Å². The highest BCUT2D eigenvalue weighted by atomic mass is 35.5. The van der Waals surface area contributed by atoms with E-state index in [4.69, 9.17) is 0 Å². The van der Waals surface area contributed by atoms with Gasteiger partial charge < -0.3 is 10.2 Å². The van der Waals surface area contributed by atoms with E-state index in [1.54, 1.807) is 6.07 Å². The Hall–Kier alpha value is -1.21. The zero-order chi connectivity index (χ0) is 15.4. The van der Waals surface area contributed by atoms with Crippen LogP contribution in [0.2, 0.25) is 0 Å². The standard InChI is InChI=1S/C16H18FN3OS.2ClH/c17-13-4-1-3-12(9-13)16-19-14(11-22-16)10-15(21)20-7-2-5-18-6-8-20;;/h1,3-4,9,11,18H,2,5-8,10H2;2*1H. The summed E-state index contributed by atoms with van der Waals surface area (Å²) in [5, 5.41) is 5.92. The lowest BCUT2D eigenvalue weighted by molar-refractivity contribution is -0.130. The van der Waals surface area contributed by atoms with Crippen molar-refractivity contribution in [3.8, 4) is 10.6 Å². The fourth-order valence-corrected chi connectivity index (χ4v) is 3.32. The molecule has 0 bridgehead atoms. The van der Waals surface area contributed by atoms with E-state index < -0.39 is 0 Å². The summed E-state index contributed by atoms with van der Waals surface area (Å²) in [5.41, 5.74) is 1.51. The summed E-state index contributed by atoms with van der Waals surface area (Å²) in [5.74, 6) is -0.165. The second kappa shape index (κ2) is 9.93. The van der Waals surface area contributed by atoms with Crippen LogP contribution in [0.4, 0.5) is 4.39 Å². The Morgan fingerprint density at radius 1 is 1.29 bits per heavy atom. The zero-order valence-corrected chi connectivity index (χ0v) is 15.5. The number of rotatable bonds is 3. The van der Waals surface area contributed by atoms with E-state index in [0.717, 1.165) is 48.9 Å². The summed E-state index contributed by atoms with van der Waals surface area (Å²) in [6.07, 6.45) is 1.29. The SMILES string of the molecule is Cl.Cl.O=C(Cc1csc(-c2cccc(F)c2)n1)N1CCCNCC1. The molecule has 1 aliphatic rings. The van der Waals surface area contributed by atoms with Crippen LogP contribution in [0.3, 0.4) is 0 Å². The third kappa shape index (κ3) is 5.41. The van der Waals surface area contributed by atoms with E-state index >= 15 is 0 Å². The van der Waals surface area contributed by atoms with Gasteiger partial charge in [-0.2, -0.15) is 0 Å². The summed E-state index contributed by atoms with van der Waals surface area (Å²) in [6, 6.07) is 6.37. The topological polar surface area (TPSA) is 45.2 Å². The van der Waals surface area contributed by atoms with Crippen molar-refractivity contribution in [3.63, 3.8) is 0 Å². The predicted octanol–water partition coefficient (Wildman–Crippen LogP) is 3.16. The number of halogens is 3. The van der Waals surface area contributed by atoms with Gasteiger partial charge in [0, 0.05) is 30.6 Å². The number of carbonyl (C=O) groups is 1. The van der Waals surface area contributed by atoms with Crippen LogP contribution in [0.15, 0.2) is 29.6 Å². The van der Waals surface area contributed by atoms with Crippen LogP contribution in [-0.4, -0.2) is 42.0 Å². The van der Waals surface area contributed by atoms with E-state index in [1.807, 2.05) is 16.3 Å². The fourth-order valence-electron chi connectivity index (χ4n) is 2.50.